The third kappa shape index (κ3) is 4.44. The number of ketones is 1. The number of hydrogen-bond acceptors (Lipinski definition) is 12. The molecule has 0 bridgehead atoms. The minimum Gasteiger partial charge on any atom is -0.507 e. The number of aliphatic hydroxyl groups is 1. The molecule has 45 heavy (non-hydrogen) atoms. The molecule has 0 spiro atoms. The van der Waals surface area contributed by atoms with Crippen LogP contribution in [0.3, 0.4) is 0 Å². The number of nitrogen functional groups attached to an aromatic ring is 1. The maximum atomic E-state index is 13.6. The number of nitrogens with zero attached hydrogens (tertiary/aromatic N) is 3. The molecule has 1 aliphatic carbocycles. The second-order valence-corrected chi connectivity index (χ2v) is 11.2. The van der Waals surface area contributed by atoms with Crippen molar-refractivity contribution in [3.8, 4) is 11.5 Å². The van der Waals surface area contributed by atoms with E-state index >= 15 is 0 Å². The molecule has 2 aromatic carbocycles. The van der Waals surface area contributed by atoms with Gasteiger partial charge in [0.2, 0.25) is 5.95 Å². The molecule has 232 valence electrons. The van der Waals surface area contributed by atoms with E-state index < -0.39 is 52.0 Å². The van der Waals surface area contributed by atoms with Crippen LogP contribution >= 0.6 is 0 Å². The standard InChI is InChI=1S/C31H29N5O9/c1-5-6-18(36-11-33-28-24(36)29(42)35-30(32)34-28)31(4,43)19-10-16(39)20-12(2)9-14-21(27(20)45-19)26(41)22-15(38)7-8-17(44-13(3)37)23(22)25(14)40/h5-6,9-11,17-18,40-41,43H,7-8H2,1-4H3,(H3,32,34,35,42)/b6-5-. The smallest absolute Gasteiger partial charge is 0.303 e. The Labute approximate surface area is 253 Å². The van der Waals surface area contributed by atoms with Crippen LogP contribution < -0.4 is 16.7 Å². The number of nitrogens with one attached hydrogen (secondary N) is 1. The number of carbonyl (C=O) groups is 2. The number of imidazole rings is 1. The zero-order valence-electron chi connectivity index (χ0n) is 24.7. The SMILES string of the molecule is C/C=C\C(n1cnc2nc(N)[nH]c(=O)c21)C(C)(O)c1cc(=O)c2c(C)cc3c(O)c4c(c(O)c3c2o1)C(=O)CCC4OC(C)=O. The minimum atomic E-state index is -2.03. The molecule has 0 saturated carbocycles. The number of aromatic amines is 1. The van der Waals surface area contributed by atoms with Gasteiger partial charge in [0.25, 0.3) is 5.56 Å². The number of rotatable bonds is 5. The van der Waals surface area contributed by atoms with Gasteiger partial charge in [-0.2, -0.15) is 4.98 Å². The van der Waals surface area contributed by atoms with Crippen molar-refractivity contribution in [1.29, 1.82) is 0 Å². The Balaban J connectivity index is 1.65. The van der Waals surface area contributed by atoms with Crippen LogP contribution in [0.25, 0.3) is 32.9 Å². The third-order valence-corrected chi connectivity index (χ3v) is 8.20. The van der Waals surface area contributed by atoms with Gasteiger partial charge in [0.15, 0.2) is 22.4 Å². The van der Waals surface area contributed by atoms with E-state index in [1.807, 2.05) is 0 Å². The fourth-order valence-electron chi connectivity index (χ4n) is 6.22. The third-order valence-electron chi connectivity index (χ3n) is 8.20. The number of benzene rings is 2. The Bertz CT molecular complexity index is 2240. The summed E-state index contributed by atoms with van der Waals surface area (Å²) in [5.74, 6) is -2.50. The summed E-state index contributed by atoms with van der Waals surface area (Å²) in [5, 5.41) is 35.0. The number of fused-ring (bicyclic) bond motifs is 5. The predicted molar refractivity (Wildman–Crippen MR) is 162 cm³/mol. The molecule has 0 radical (unpaired) electrons. The van der Waals surface area contributed by atoms with Gasteiger partial charge in [0, 0.05) is 30.4 Å². The van der Waals surface area contributed by atoms with Crippen molar-refractivity contribution in [3.63, 3.8) is 0 Å². The summed E-state index contributed by atoms with van der Waals surface area (Å²) in [6.07, 6.45) is 3.55. The lowest BCUT2D eigenvalue weighted by atomic mass is 9.83. The summed E-state index contributed by atoms with van der Waals surface area (Å²) in [5.41, 5.74) is 2.40. The number of phenols is 2. The molecule has 0 aliphatic heterocycles. The van der Waals surface area contributed by atoms with E-state index in [0.29, 0.717) is 5.56 Å². The van der Waals surface area contributed by atoms with Gasteiger partial charge in [0.05, 0.1) is 28.7 Å². The lowest BCUT2D eigenvalue weighted by Gasteiger charge is -2.31. The van der Waals surface area contributed by atoms with Crippen LogP contribution in [0.5, 0.6) is 11.5 Å². The molecule has 3 aromatic heterocycles. The molecule has 0 amide bonds. The fraction of sp³-hybridized carbons (Fsp3) is 0.290. The first kappa shape index (κ1) is 29.6. The van der Waals surface area contributed by atoms with Crippen molar-refractivity contribution in [2.24, 2.45) is 0 Å². The largest absolute Gasteiger partial charge is 0.507 e. The number of phenolic OH excluding ortho intramolecular Hbond substituents is 2. The number of anilines is 1. The second kappa shape index (κ2) is 10.3. The number of Topliss-reactive ketones (excluding diaryl/α,β-unsaturated/α-hetero) is 1. The maximum absolute atomic E-state index is 13.6. The van der Waals surface area contributed by atoms with Gasteiger partial charge in [-0.05, 0) is 38.8 Å². The number of aromatic nitrogens is 4. The highest BCUT2D eigenvalue weighted by atomic mass is 16.5. The predicted octanol–water partition coefficient (Wildman–Crippen LogP) is 3.29. The van der Waals surface area contributed by atoms with E-state index in [4.69, 9.17) is 14.9 Å². The summed E-state index contributed by atoms with van der Waals surface area (Å²) in [4.78, 5) is 62.0. The van der Waals surface area contributed by atoms with Crippen molar-refractivity contribution in [1.82, 2.24) is 19.5 Å². The Morgan fingerprint density at radius 2 is 1.98 bits per heavy atom. The number of allylic oxidation sites excluding steroid dienone is 1. The molecule has 0 fully saturated rings. The average molecular weight is 616 g/mol. The first-order valence-corrected chi connectivity index (χ1v) is 14.0. The van der Waals surface area contributed by atoms with Gasteiger partial charge in [-0.1, -0.05) is 12.2 Å². The molecule has 6 N–H and O–H groups in total. The number of hydrogen-bond donors (Lipinski definition) is 5. The van der Waals surface area contributed by atoms with Gasteiger partial charge < -0.3 is 34.8 Å². The Kier molecular flexibility index (Phi) is 6.77. The van der Waals surface area contributed by atoms with Gasteiger partial charge in [-0.25, -0.2) is 4.98 Å². The van der Waals surface area contributed by atoms with Crippen LogP contribution in [0.15, 0.2) is 44.6 Å². The molecule has 1 aliphatic rings. The van der Waals surface area contributed by atoms with E-state index in [2.05, 4.69) is 15.0 Å². The molecule has 3 heterocycles. The molecule has 5 aromatic rings. The molecule has 14 heteroatoms. The van der Waals surface area contributed by atoms with Crippen LogP contribution in [0.4, 0.5) is 5.95 Å². The first-order valence-electron chi connectivity index (χ1n) is 14.0. The van der Waals surface area contributed by atoms with Crippen molar-refractivity contribution in [2.75, 3.05) is 5.73 Å². The van der Waals surface area contributed by atoms with Gasteiger partial charge in [-0.3, -0.25) is 24.2 Å². The van der Waals surface area contributed by atoms with Crippen LogP contribution in [0, 0.1) is 6.92 Å². The van der Waals surface area contributed by atoms with Crippen LogP contribution in [0.1, 0.15) is 73.0 Å². The summed E-state index contributed by atoms with van der Waals surface area (Å²) in [6.45, 7) is 5.87. The van der Waals surface area contributed by atoms with Crippen molar-refractivity contribution >= 4 is 50.6 Å². The number of carbonyl (C=O) groups excluding carboxylic acids is 2. The summed E-state index contributed by atoms with van der Waals surface area (Å²) >= 11 is 0. The lowest BCUT2D eigenvalue weighted by Crippen LogP contribution is -2.34. The molecular weight excluding hydrogens is 586 g/mol. The number of nitrogens with two attached hydrogens (primary N) is 1. The highest BCUT2D eigenvalue weighted by molar-refractivity contribution is 6.17. The molecule has 3 atom stereocenters. The fourth-order valence-corrected chi connectivity index (χ4v) is 6.22. The summed E-state index contributed by atoms with van der Waals surface area (Å²) < 4.78 is 13.0. The summed E-state index contributed by atoms with van der Waals surface area (Å²) in [7, 11) is 0. The topological polar surface area (TPSA) is 224 Å². The quantitative estimate of drug-likeness (QED) is 0.0831. The highest BCUT2D eigenvalue weighted by Crippen LogP contribution is 2.50. The molecule has 6 rings (SSSR count). The van der Waals surface area contributed by atoms with E-state index in [1.165, 1.54) is 30.8 Å². The minimum absolute atomic E-state index is 0.00652. The van der Waals surface area contributed by atoms with Crippen LogP contribution in [0.2, 0.25) is 0 Å². The van der Waals surface area contributed by atoms with Crippen molar-refractivity contribution in [3.05, 3.63) is 73.6 Å². The molecule has 0 saturated heterocycles. The van der Waals surface area contributed by atoms with E-state index in [9.17, 15) is 34.5 Å². The van der Waals surface area contributed by atoms with Gasteiger partial charge >= 0.3 is 5.97 Å². The molecule has 3 unspecified atom stereocenters. The zero-order valence-corrected chi connectivity index (χ0v) is 24.7. The van der Waals surface area contributed by atoms with Crippen molar-refractivity contribution in [2.45, 2.75) is 58.3 Å². The second-order valence-electron chi connectivity index (χ2n) is 11.2. The number of esters is 1. The number of ether oxygens (including phenoxy) is 1. The maximum Gasteiger partial charge on any atom is 0.303 e. The highest BCUT2D eigenvalue weighted by Gasteiger charge is 2.40. The average Bonchev–Trinajstić information content (AvgIpc) is 3.38. The van der Waals surface area contributed by atoms with E-state index in [1.54, 1.807) is 26.0 Å². The van der Waals surface area contributed by atoms with E-state index in [-0.39, 0.29) is 68.6 Å². The van der Waals surface area contributed by atoms with Crippen molar-refractivity contribution < 1.29 is 34.1 Å². The Hall–Kier alpha value is -5.50. The van der Waals surface area contributed by atoms with Gasteiger partial charge in [-0.15, -0.1) is 0 Å². The number of aryl methyl sites for hydroxylation is 1. The Morgan fingerprint density at radius 3 is 2.67 bits per heavy atom. The molecular formula is C31H29N5O9. The number of aromatic hydroxyl groups is 2. The van der Waals surface area contributed by atoms with Crippen LogP contribution in [-0.2, 0) is 15.1 Å². The van der Waals surface area contributed by atoms with Gasteiger partial charge in [0.1, 0.15) is 34.5 Å². The first-order chi connectivity index (χ1) is 21.3. The number of H-pyrrole nitrogens is 1. The molecule has 14 nitrogen and oxygen atoms in total. The Morgan fingerprint density at radius 1 is 1.24 bits per heavy atom. The zero-order chi connectivity index (χ0) is 32.5. The summed E-state index contributed by atoms with van der Waals surface area (Å²) in [6, 6.07) is 1.50. The van der Waals surface area contributed by atoms with E-state index in [0.717, 1.165) is 6.07 Å². The normalized spacial score (nSPS) is 17.2. The van der Waals surface area contributed by atoms with Crippen LogP contribution in [-0.4, -0.2) is 46.6 Å². The monoisotopic (exact) mass is 615 g/mol. The lowest BCUT2D eigenvalue weighted by molar-refractivity contribution is -0.147.